The van der Waals surface area contributed by atoms with Crippen LogP contribution in [-0.4, -0.2) is 37.2 Å². The summed E-state index contributed by atoms with van der Waals surface area (Å²) in [4.78, 5) is 37.9. The number of carbonyl (C=O) groups excluding carboxylic acids is 3. The van der Waals surface area contributed by atoms with Gasteiger partial charge in [0, 0.05) is 19.3 Å². The van der Waals surface area contributed by atoms with Gasteiger partial charge in [0.05, 0.1) is 0 Å². The Labute approximate surface area is 401 Å². The molecule has 0 heterocycles. The summed E-state index contributed by atoms with van der Waals surface area (Å²) in [7, 11) is 0. The molecule has 0 aliphatic heterocycles. The molecule has 0 fully saturated rings. The van der Waals surface area contributed by atoms with Crippen molar-refractivity contribution in [1.82, 2.24) is 0 Å². The zero-order chi connectivity index (χ0) is 47.2. The lowest BCUT2D eigenvalue weighted by Gasteiger charge is -2.18. The minimum atomic E-state index is -0.779. The van der Waals surface area contributed by atoms with Gasteiger partial charge in [-0.2, -0.15) is 0 Å². The van der Waals surface area contributed by atoms with E-state index < -0.39 is 6.10 Å². The minimum absolute atomic E-state index is 0.0800. The summed E-state index contributed by atoms with van der Waals surface area (Å²) in [6, 6.07) is 0. The zero-order valence-corrected chi connectivity index (χ0v) is 42.5. The van der Waals surface area contributed by atoms with Gasteiger partial charge >= 0.3 is 17.9 Å². The summed E-state index contributed by atoms with van der Waals surface area (Å²) in [6.45, 7) is 6.48. The Bertz CT molecular complexity index is 1270. The highest BCUT2D eigenvalue weighted by Crippen LogP contribution is 2.15. The van der Waals surface area contributed by atoms with Crippen molar-refractivity contribution in [2.24, 2.45) is 0 Å². The molecule has 0 N–H and O–H groups in total. The molecule has 65 heavy (non-hydrogen) atoms. The Kier molecular flexibility index (Phi) is 50.4. The Morgan fingerprint density at radius 3 is 0.938 bits per heavy atom. The summed E-state index contributed by atoms with van der Waals surface area (Å²) in [5.74, 6) is -0.902. The largest absolute Gasteiger partial charge is 0.462 e. The number of esters is 3. The Hall–Kier alpha value is -3.41. The van der Waals surface area contributed by atoms with Gasteiger partial charge in [0.1, 0.15) is 13.2 Å². The Balaban J connectivity index is 4.25. The first-order chi connectivity index (χ1) is 32.0. The number of unbranched alkanes of at least 4 members (excludes halogenated alkanes) is 23. The van der Waals surface area contributed by atoms with E-state index >= 15 is 0 Å². The molecule has 0 aromatic rings. The first kappa shape index (κ1) is 61.6. The van der Waals surface area contributed by atoms with Crippen molar-refractivity contribution in [1.29, 1.82) is 0 Å². The summed E-state index contributed by atoms with van der Waals surface area (Å²) < 4.78 is 16.7. The average Bonchev–Trinajstić information content (AvgIpc) is 3.30. The Morgan fingerprint density at radius 2 is 0.600 bits per heavy atom. The molecule has 1 unspecified atom stereocenters. The van der Waals surface area contributed by atoms with Gasteiger partial charge in [0.15, 0.2) is 6.10 Å². The van der Waals surface area contributed by atoms with Gasteiger partial charge in [-0.3, -0.25) is 14.4 Å². The molecule has 0 aromatic heterocycles. The van der Waals surface area contributed by atoms with Crippen LogP contribution < -0.4 is 0 Å². The topological polar surface area (TPSA) is 78.9 Å². The lowest BCUT2D eigenvalue weighted by Crippen LogP contribution is -2.30. The van der Waals surface area contributed by atoms with Crippen LogP contribution in [0.15, 0.2) is 85.1 Å². The zero-order valence-electron chi connectivity index (χ0n) is 42.5. The maximum absolute atomic E-state index is 12.7. The molecular formula is C59H100O6. The molecule has 0 saturated carbocycles. The van der Waals surface area contributed by atoms with Gasteiger partial charge in [-0.05, 0) is 77.0 Å². The van der Waals surface area contributed by atoms with E-state index in [4.69, 9.17) is 14.2 Å². The third-order valence-electron chi connectivity index (χ3n) is 11.4. The number of hydrogen-bond acceptors (Lipinski definition) is 6. The molecule has 372 valence electrons. The lowest BCUT2D eigenvalue weighted by atomic mass is 10.1. The van der Waals surface area contributed by atoms with E-state index in [0.717, 1.165) is 122 Å². The van der Waals surface area contributed by atoms with Crippen LogP contribution in [0.25, 0.3) is 0 Å². The number of carbonyl (C=O) groups is 3. The third-order valence-corrected chi connectivity index (χ3v) is 11.4. The molecule has 0 amide bonds. The molecule has 0 saturated heterocycles. The first-order valence-electron chi connectivity index (χ1n) is 27.1. The van der Waals surface area contributed by atoms with Crippen LogP contribution in [0.3, 0.4) is 0 Å². The summed E-state index contributed by atoms with van der Waals surface area (Å²) in [6.07, 6.45) is 68.6. The van der Waals surface area contributed by atoms with Crippen molar-refractivity contribution in [3.05, 3.63) is 85.1 Å². The summed E-state index contributed by atoms with van der Waals surface area (Å²) in [5, 5.41) is 0. The molecule has 0 rings (SSSR count). The number of allylic oxidation sites excluding steroid dienone is 14. The number of hydrogen-bond donors (Lipinski definition) is 0. The second-order valence-electron chi connectivity index (χ2n) is 17.8. The number of ether oxygens (including phenoxy) is 3. The van der Waals surface area contributed by atoms with Crippen molar-refractivity contribution in [2.45, 2.75) is 258 Å². The highest BCUT2D eigenvalue weighted by molar-refractivity contribution is 5.71. The van der Waals surface area contributed by atoms with Gasteiger partial charge in [0.25, 0.3) is 0 Å². The maximum Gasteiger partial charge on any atom is 0.306 e. The molecule has 1 atom stereocenters. The van der Waals surface area contributed by atoms with E-state index in [-0.39, 0.29) is 31.1 Å². The van der Waals surface area contributed by atoms with Crippen molar-refractivity contribution in [3.63, 3.8) is 0 Å². The molecule has 0 aliphatic carbocycles. The van der Waals surface area contributed by atoms with Crippen LogP contribution in [0.2, 0.25) is 0 Å². The van der Waals surface area contributed by atoms with Gasteiger partial charge in [0.2, 0.25) is 0 Å². The van der Waals surface area contributed by atoms with E-state index in [9.17, 15) is 14.4 Å². The summed E-state index contributed by atoms with van der Waals surface area (Å²) >= 11 is 0. The Morgan fingerprint density at radius 1 is 0.323 bits per heavy atom. The quantitative estimate of drug-likeness (QED) is 0.0262. The second kappa shape index (κ2) is 53.2. The van der Waals surface area contributed by atoms with E-state index in [0.29, 0.717) is 19.3 Å². The minimum Gasteiger partial charge on any atom is -0.462 e. The molecular weight excluding hydrogens is 805 g/mol. The van der Waals surface area contributed by atoms with Crippen molar-refractivity contribution in [2.75, 3.05) is 13.2 Å². The summed E-state index contributed by atoms with van der Waals surface area (Å²) in [5.41, 5.74) is 0. The SMILES string of the molecule is CC/C=C\C/C=C\C/C=C\C/C=C\C/C=C\C/C=C\C/C=C\CCCCCCCC(=O)OCC(COC(=O)CCCCCCCCCCC)OC(=O)CCCCCCCCCCCCC. The average molecular weight is 905 g/mol. The highest BCUT2D eigenvalue weighted by atomic mass is 16.6. The lowest BCUT2D eigenvalue weighted by molar-refractivity contribution is -0.167. The second-order valence-corrected chi connectivity index (χ2v) is 17.8. The predicted molar refractivity (Wildman–Crippen MR) is 279 cm³/mol. The monoisotopic (exact) mass is 905 g/mol. The normalized spacial score (nSPS) is 12.7. The molecule has 0 spiro atoms. The van der Waals surface area contributed by atoms with Crippen LogP contribution >= 0.6 is 0 Å². The number of rotatable bonds is 48. The van der Waals surface area contributed by atoms with Gasteiger partial charge < -0.3 is 14.2 Å². The van der Waals surface area contributed by atoms with Crippen LogP contribution in [0.1, 0.15) is 252 Å². The highest BCUT2D eigenvalue weighted by Gasteiger charge is 2.19. The predicted octanol–water partition coefficient (Wildman–Crippen LogP) is 18.0. The molecule has 0 bridgehead atoms. The van der Waals surface area contributed by atoms with Crippen LogP contribution in [0.4, 0.5) is 0 Å². The van der Waals surface area contributed by atoms with Crippen molar-refractivity contribution < 1.29 is 28.6 Å². The van der Waals surface area contributed by atoms with Crippen LogP contribution in [-0.2, 0) is 28.6 Å². The molecule has 0 aliphatic rings. The van der Waals surface area contributed by atoms with Crippen molar-refractivity contribution >= 4 is 17.9 Å². The first-order valence-corrected chi connectivity index (χ1v) is 27.1. The third kappa shape index (κ3) is 51.4. The smallest absolute Gasteiger partial charge is 0.306 e. The maximum atomic E-state index is 12.7. The van der Waals surface area contributed by atoms with Crippen LogP contribution in [0.5, 0.6) is 0 Å². The van der Waals surface area contributed by atoms with Gasteiger partial charge in [-0.1, -0.05) is 241 Å². The van der Waals surface area contributed by atoms with Gasteiger partial charge in [-0.15, -0.1) is 0 Å². The van der Waals surface area contributed by atoms with E-state index in [1.54, 1.807) is 0 Å². The fourth-order valence-electron chi connectivity index (χ4n) is 7.36. The fourth-order valence-corrected chi connectivity index (χ4v) is 7.36. The fraction of sp³-hybridized carbons (Fsp3) is 0.712. The van der Waals surface area contributed by atoms with Gasteiger partial charge in [-0.25, -0.2) is 0 Å². The van der Waals surface area contributed by atoms with E-state index in [2.05, 4.69) is 106 Å². The molecule has 0 aromatic carbocycles. The van der Waals surface area contributed by atoms with E-state index in [1.165, 1.54) is 89.9 Å². The van der Waals surface area contributed by atoms with E-state index in [1.807, 2.05) is 0 Å². The molecule has 6 heteroatoms. The molecule has 6 nitrogen and oxygen atoms in total. The molecule has 0 radical (unpaired) electrons. The van der Waals surface area contributed by atoms with Crippen molar-refractivity contribution in [3.8, 4) is 0 Å². The van der Waals surface area contributed by atoms with Crippen LogP contribution in [0, 0.1) is 0 Å². The standard InChI is InChI=1S/C59H100O6/c1-4-7-10-13-16-19-21-22-23-24-25-26-27-28-29-30-31-32-33-34-35-36-38-40-43-46-49-52-58(61)64-55-56(54-63-57(60)51-48-45-42-39-18-15-12-9-6-3)65-59(62)53-50-47-44-41-37-20-17-14-11-8-5-2/h7,10,16,19,22-23,25-26,28-29,31-32,34-35,56H,4-6,8-9,11-15,17-18,20-21,24,27,30,33,36-55H2,1-3H3/b10-7-,19-16-,23-22-,26-25-,29-28-,32-31-,35-34-.